The van der Waals surface area contributed by atoms with Crippen LogP contribution in [0.25, 0.3) is 0 Å². The Bertz CT molecular complexity index is 189. The summed E-state index contributed by atoms with van der Waals surface area (Å²) in [5, 5.41) is 0. The second-order valence-electron chi connectivity index (χ2n) is 2.96. The van der Waals surface area contributed by atoms with Crippen molar-refractivity contribution in [1.29, 1.82) is 0 Å². The molecule has 1 heterocycles. The lowest BCUT2D eigenvalue weighted by atomic mass is 10.3. The molecule has 0 radical (unpaired) electrons. The van der Waals surface area contributed by atoms with E-state index in [4.69, 9.17) is 4.74 Å². The second-order valence-corrected chi connectivity index (χ2v) is 2.96. The van der Waals surface area contributed by atoms with Crippen LogP contribution in [-0.4, -0.2) is 30.2 Å². The molecule has 0 saturated carbocycles. The van der Waals surface area contributed by atoms with E-state index in [0.29, 0.717) is 13.2 Å². The lowest BCUT2D eigenvalue weighted by molar-refractivity contribution is 0.160. The molecule has 0 aromatic rings. The Labute approximate surface area is 73.0 Å². The van der Waals surface area contributed by atoms with Gasteiger partial charge in [-0.15, -0.1) is 0 Å². The average Bonchev–Trinajstić information content (AvgIpc) is 2.35. The van der Waals surface area contributed by atoms with E-state index in [1.807, 2.05) is 13.0 Å². The number of allylic oxidation sites excluding steroid dienone is 1. The van der Waals surface area contributed by atoms with Crippen LogP contribution < -0.4 is 0 Å². The highest BCUT2D eigenvalue weighted by Crippen LogP contribution is 2.10. The van der Waals surface area contributed by atoms with Gasteiger partial charge in [-0.1, -0.05) is 19.1 Å². The lowest BCUT2D eigenvalue weighted by Gasteiger charge is -2.14. The molecule has 0 aromatic carbocycles. The molecule has 1 unspecified atom stereocenters. The summed E-state index contributed by atoms with van der Waals surface area (Å²) in [5.41, 5.74) is 0. The van der Waals surface area contributed by atoms with Crippen molar-refractivity contribution in [3.8, 4) is 0 Å². The van der Waals surface area contributed by atoms with Gasteiger partial charge in [0.2, 0.25) is 0 Å². The van der Waals surface area contributed by atoms with Crippen molar-refractivity contribution >= 4 is 6.09 Å². The maximum Gasteiger partial charge on any atom is 0.410 e. The summed E-state index contributed by atoms with van der Waals surface area (Å²) >= 11 is 0. The Morgan fingerprint density at radius 3 is 2.92 bits per heavy atom. The molecule has 0 N–H and O–H groups in total. The zero-order chi connectivity index (χ0) is 8.97. The summed E-state index contributed by atoms with van der Waals surface area (Å²) in [4.78, 5) is 12.8. The molecule has 68 valence electrons. The van der Waals surface area contributed by atoms with Gasteiger partial charge in [0.15, 0.2) is 0 Å². The highest BCUT2D eigenvalue weighted by molar-refractivity contribution is 5.70. The minimum Gasteiger partial charge on any atom is -0.447 e. The molecule has 0 aromatic heterocycles. The Hall–Kier alpha value is -0.990. The van der Waals surface area contributed by atoms with E-state index in [0.717, 1.165) is 6.42 Å². The van der Waals surface area contributed by atoms with Crippen molar-refractivity contribution < 1.29 is 9.53 Å². The maximum absolute atomic E-state index is 11.0. The molecule has 0 bridgehead atoms. The Kier molecular flexibility index (Phi) is 3.14. The van der Waals surface area contributed by atoms with Crippen molar-refractivity contribution in [3.63, 3.8) is 0 Å². The molecular weight excluding hydrogens is 154 g/mol. The number of rotatable bonds is 3. The van der Waals surface area contributed by atoms with E-state index in [-0.39, 0.29) is 12.1 Å². The number of hydrogen-bond donors (Lipinski definition) is 0. The molecule has 12 heavy (non-hydrogen) atoms. The zero-order valence-electron chi connectivity index (χ0n) is 7.62. The molecule has 1 atom stereocenters. The smallest absolute Gasteiger partial charge is 0.410 e. The van der Waals surface area contributed by atoms with E-state index in [2.05, 4.69) is 13.0 Å². The normalized spacial score (nSPS) is 23.7. The Morgan fingerprint density at radius 1 is 1.67 bits per heavy atom. The SMILES string of the molecule is CCC=CCN1C(=O)OCC1C. The van der Waals surface area contributed by atoms with Crippen molar-refractivity contribution in [1.82, 2.24) is 4.90 Å². The van der Waals surface area contributed by atoms with Gasteiger partial charge >= 0.3 is 6.09 Å². The van der Waals surface area contributed by atoms with E-state index in [1.165, 1.54) is 0 Å². The monoisotopic (exact) mass is 169 g/mol. The minimum absolute atomic E-state index is 0.191. The summed E-state index contributed by atoms with van der Waals surface area (Å²) < 4.78 is 4.86. The minimum atomic E-state index is -0.191. The van der Waals surface area contributed by atoms with E-state index in [9.17, 15) is 4.79 Å². The van der Waals surface area contributed by atoms with Gasteiger partial charge in [-0.25, -0.2) is 4.79 Å². The fourth-order valence-electron chi connectivity index (χ4n) is 1.15. The maximum atomic E-state index is 11.0. The van der Waals surface area contributed by atoms with Crippen LogP contribution in [0, 0.1) is 0 Å². The number of cyclic esters (lactones) is 1. The predicted octanol–water partition coefficient (Wildman–Crippen LogP) is 1.79. The quantitative estimate of drug-likeness (QED) is 0.603. The molecule has 0 aliphatic carbocycles. The van der Waals surface area contributed by atoms with Crippen LogP contribution in [0.15, 0.2) is 12.2 Å². The van der Waals surface area contributed by atoms with Crippen LogP contribution in [0.4, 0.5) is 4.79 Å². The third-order valence-corrected chi connectivity index (χ3v) is 1.92. The molecule has 1 aliphatic rings. The number of nitrogens with zero attached hydrogens (tertiary/aromatic N) is 1. The number of carbonyl (C=O) groups excluding carboxylic acids is 1. The summed E-state index contributed by atoms with van der Waals surface area (Å²) in [6, 6.07) is 0.221. The Balaban J connectivity index is 2.39. The number of carbonyl (C=O) groups is 1. The van der Waals surface area contributed by atoms with Crippen LogP contribution in [0.2, 0.25) is 0 Å². The number of amides is 1. The van der Waals surface area contributed by atoms with Crippen LogP contribution in [0.1, 0.15) is 20.3 Å². The van der Waals surface area contributed by atoms with Gasteiger partial charge in [0.1, 0.15) is 6.61 Å². The van der Waals surface area contributed by atoms with E-state index in [1.54, 1.807) is 4.90 Å². The van der Waals surface area contributed by atoms with Crippen molar-refractivity contribution in [3.05, 3.63) is 12.2 Å². The van der Waals surface area contributed by atoms with Gasteiger partial charge in [0.05, 0.1) is 6.04 Å². The van der Waals surface area contributed by atoms with Gasteiger partial charge in [-0.2, -0.15) is 0 Å². The largest absolute Gasteiger partial charge is 0.447 e. The molecule has 1 saturated heterocycles. The predicted molar refractivity (Wildman–Crippen MR) is 46.9 cm³/mol. The molecule has 1 fully saturated rings. The van der Waals surface area contributed by atoms with Crippen molar-refractivity contribution in [2.45, 2.75) is 26.3 Å². The van der Waals surface area contributed by atoms with Gasteiger partial charge in [-0.3, -0.25) is 4.90 Å². The molecule has 3 heteroatoms. The Morgan fingerprint density at radius 2 is 2.42 bits per heavy atom. The summed E-state index contributed by atoms with van der Waals surface area (Å²) in [6.45, 7) is 5.26. The molecule has 1 rings (SSSR count). The zero-order valence-corrected chi connectivity index (χ0v) is 7.62. The lowest BCUT2D eigenvalue weighted by Crippen LogP contribution is -2.31. The van der Waals surface area contributed by atoms with Gasteiger partial charge in [-0.05, 0) is 13.3 Å². The van der Waals surface area contributed by atoms with Crippen LogP contribution in [0.5, 0.6) is 0 Å². The van der Waals surface area contributed by atoms with Crippen LogP contribution in [0.3, 0.4) is 0 Å². The molecule has 1 amide bonds. The third-order valence-electron chi connectivity index (χ3n) is 1.92. The second kappa shape index (κ2) is 4.14. The first kappa shape index (κ1) is 9.10. The van der Waals surface area contributed by atoms with Crippen LogP contribution in [-0.2, 0) is 4.74 Å². The first-order valence-corrected chi connectivity index (χ1v) is 4.34. The summed E-state index contributed by atoms with van der Waals surface area (Å²) in [5.74, 6) is 0. The van der Waals surface area contributed by atoms with E-state index >= 15 is 0 Å². The molecule has 3 nitrogen and oxygen atoms in total. The third kappa shape index (κ3) is 2.00. The fourth-order valence-corrected chi connectivity index (χ4v) is 1.15. The summed E-state index contributed by atoms with van der Waals surface area (Å²) in [6.07, 6.45) is 4.88. The first-order chi connectivity index (χ1) is 5.75. The molecular formula is C9H15NO2. The van der Waals surface area contributed by atoms with Crippen molar-refractivity contribution in [2.24, 2.45) is 0 Å². The molecule has 1 aliphatic heterocycles. The average molecular weight is 169 g/mol. The number of hydrogen-bond acceptors (Lipinski definition) is 2. The van der Waals surface area contributed by atoms with Gasteiger partial charge in [0, 0.05) is 6.54 Å². The highest BCUT2D eigenvalue weighted by atomic mass is 16.6. The first-order valence-electron chi connectivity index (χ1n) is 4.34. The van der Waals surface area contributed by atoms with E-state index < -0.39 is 0 Å². The van der Waals surface area contributed by atoms with Crippen molar-refractivity contribution in [2.75, 3.05) is 13.2 Å². The standard InChI is InChI=1S/C9H15NO2/c1-3-4-5-6-10-8(2)7-12-9(10)11/h4-5,8H,3,6-7H2,1-2H3. The fraction of sp³-hybridized carbons (Fsp3) is 0.667. The number of ether oxygens (including phenoxy) is 1. The molecule has 0 spiro atoms. The summed E-state index contributed by atoms with van der Waals surface area (Å²) in [7, 11) is 0. The van der Waals surface area contributed by atoms with Gasteiger partial charge in [0.25, 0.3) is 0 Å². The van der Waals surface area contributed by atoms with Gasteiger partial charge < -0.3 is 4.74 Å². The highest BCUT2D eigenvalue weighted by Gasteiger charge is 2.27. The van der Waals surface area contributed by atoms with Crippen LogP contribution >= 0.6 is 0 Å². The topological polar surface area (TPSA) is 29.5 Å².